The summed E-state index contributed by atoms with van der Waals surface area (Å²) in [6, 6.07) is 11.8. The van der Waals surface area contributed by atoms with E-state index in [2.05, 4.69) is 9.88 Å². The van der Waals surface area contributed by atoms with Crippen molar-refractivity contribution < 1.29 is 9.90 Å². The fourth-order valence-electron chi connectivity index (χ4n) is 5.80. The Morgan fingerprint density at radius 1 is 0.944 bits per heavy atom. The molecule has 1 N–H and O–H groups in total. The molecule has 3 aromatic rings. The predicted octanol–water partition coefficient (Wildman–Crippen LogP) is 5.97. The maximum atomic E-state index is 13.3. The molecule has 0 spiro atoms. The van der Waals surface area contributed by atoms with Gasteiger partial charge in [0.2, 0.25) is 0 Å². The minimum Gasteiger partial charge on any atom is -0.396 e. The Morgan fingerprint density at radius 2 is 1.75 bits per heavy atom. The van der Waals surface area contributed by atoms with Gasteiger partial charge in [0.1, 0.15) is 0 Å². The van der Waals surface area contributed by atoms with E-state index >= 15 is 0 Å². The highest BCUT2D eigenvalue weighted by atomic mass is 35.5. The van der Waals surface area contributed by atoms with Gasteiger partial charge in [0, 0.05) is 55.1 Å². The topological polar surface area (TPSA) is 56.7 Å². The summed E-state index contributed by atoms with van der Waals surface area (Å²) >= 11 is 18.5. The van der Waals surface area contributed by atoms with E-state index in [-0.39, 0.29) is 18.4 Å². The van der Waals surface area contributed by atoms with Gasteiger partial charge in [-0.2, -0.15) is 0 Å². The van der Waals surface area contributed by atoms with Gasteiger partial charge in [0.05, 0.1) is 15.6 Å². The number of carbonyl (C=O) groups excluding carboxylic acids is 1. The van der Waals surface area contributed by atoms with Crippen LogP contribution in [0.25, 0.3) is 10.8 Å². The number of pyridine rings is 1. The van der Waals surface area contributed by atoms with Gasteiger partial charge in [0.15, 0.2) is 0 Å². The molecule has 5 nitrogen and oxygen atoms in total. The molecular formula is C28H30Cl3N3O2. The van der Waals surface area contributed by atoms with Crippen molar-refractivity contribution in [1.82, 2.24) is 14.8 Å². The van der Waals surface area contributed by atoms with Gasteiger partial charge in [0.25, 0.3) is 5.91 Å². The summed E-state index contributed by atoms with van der Waals surface area (Å²) in [7, 11) is 0. The van der Waals surface area contributed by atoms with Crippen molar-refractivity contribution >= 4 is 51.5 Å². The number of benzene rings is 2. The van der Waals surface area contributed by atoms with Crippen LogP contribution in [-0.2, 0) is 6.42 Å². The maximum Gasteiger partial charge on any atom is 0.256 e. The first kappa shape index (κ1) is 25.7. The third-order valence-electron chi connectivity index (χ3n) is 7.86. The summed E-state index contributed by atoms with van der Waals surface area (Å²) < 4.78 is 0. The monoisotopic (exact) mass is 545 g/mol. The third kappa shape index (κ3) is 5.51. The molecule has 8 heteroatoms. The van der Waals surface area contributed by atoms with E-state index in [0.29, 0.717) is 45.7 Å². The number of halogens is 3. The van der Waals surface area contributed by atoms with E-state index in [0.717, 1.165) is 55.1 Å². The highest BCUT2D eigenvalue weighted by Crippen LogP contribution is 2.32. The van der Waals surface area contributed by atoms with Gasteiger partial charge in [-0.1, -0.05) is 46.9 Å². The third-order valence-corrected chi connectivity index (χ3v) is 8.83. The molecule has 2 fully saturated rings. The number of fused-ring (bicyclic) bond motifs is 1. The fourth-order valence-corrected chi connectivity index (χ4v) is 6.29. The number of aliphatic hydroxyl groups is 1. The van der Waals surface area contributed by atoms with Crippen LogP contribution in [0.4, 0.5) is 0 Å². The first-order valence-electron chi connectivity index (χ1n) is 12.5. The van der Waals surface area contributed by atoms with Crippen LogP contribution in [0.3, 0.4) is 0 Å². The average Bonchev–Trinajstić information content (AvgIpc) is 2.90. The summed E-state index contributed by atoms with van der Waals surface area (Å²) in [5, 5.41) is 13.7. The van der Waals surface area contributed by atoms with Crippen molar-refractivity contribution in [3.63, 3.8) is 0 Å². The van der Waals surface area contributed by atoms with Crippen molar-refractivity contribution in [2.24, 2.45) is 11.8 Å². The minimum atomic E-state index is 0.0161. The molecule has 2 aromatic carbocycles. The molecule has 5 rings (SSSR count). The van der Waals surface area contributed by atoms with Crippen LogP contribution in [0.15, 0.2) is 48.8 Å². The van der Waals surface area contributed by atoms with Gasteiger partial charge in [-0.25, -0.2) is 0 Å². The van der Waals surface area contributed by atoms with Gasteiger partial charge in [-0.05, 0) is 79.3 Å². The number of aromatic nitrogens is 1. The second-order valence-electron chi connectivity index (χ2n) is 10.0. The first-order valence-corrected chi connectivity index (χ1v) is 13.7. The Balaban J connectivity index is 1.19. The number of aliphatic hydroxyl groups excluding tert-OH is 1. The summed E-state index contributed by atoms with van der Waals surface area (Å²) in [5.41, 5.74) is 1.77. The lowest BCUT2D eigenvalue weighted by Crippen LogP contribution is -2.52. The molecule has 36 heavy (non-hydrogen) atoms. The SMILES string of the molecule is O=C(c1cncc2ccc(Cl)cc12)N1CCC(N2CC[C@H](Cc3ccc(Cl)c(Cl)c3)[C@H](CO)C2)CC1. The first-order chi connectivity index (χ1) is 17.4. The molecule has 2 saturated heterocycles. The van der Waals surface area contributed by atoms with Crippen molar-refractivity contribution in [1.29, 1.82) is 0 Å². The van der Waals surface area contributed by atoms with E-state index in [4.69, 9.17) is 34.8 Å². The smallest absolute Gasteiger partial charge is 0.256 e. The van der Waals surface area contributed by atoms with Crippen molar-refractivity contribution in [2.75, 3.05) is 32.8 Å². The zero-order chi connectivity index (χ0) is 25.2. The summed E-state index contributed by atoms with van der Waals surface area (Å²) in [6.07, 6.45) is 7.20. The Labute approximate surface area is 227 Å². The molecule has 2 aliphatic rings. The number of rotatable bonds is 5. The van der Waals surface area contributed by atoms with Gasteiger partial charge in [-0.3, -0.25) is 14.7 Å². The largest absolute Gasteiger partial charge is 0.396 e. The van der Waals surface area contributed by atoms with E-state index in [1.807, 2.05) is 41.3 Å². The van der Waals surface area contributed by atoms with E-state index in [9.17, 15) is 9.90 Å². The van der Waals surface area contributed by atoms with Gasteiger partial charge >= 0.3 is 0 Å². The summed E-state index contributed by atoms with van der Waals surface area (Å²) in [6.45, 7) is 3.50. The molecule has 2 aliphatic heterocycles. The molecule has 0 saturated carbocycles. The quantitative estimate of drug-likeness (QED) is 0.428. The number of nitrogens with zero attached hydrogens (tertiary/aromatic N) is 3. The van der Waals surface area contributed by atoms with Gasteiger partial charge < -0.3 is 10.0 Å². The minimum absolute atomic E-state index is 0.0161. The number of piperidine rings is 2. The highest BCUT2D eigenvalue weighted by molar-refractivity contribution is 6.42. The second-order valence-corrected chi connectivity index (χ2v) is 11.3. The number of hydrogen-bond acceptors (Lipinski definition) is 4. The second kappa shape index (κ2) is 11.2. The van der Waals surface area contributed by atoms with Crippen LogP contribution in [0.5, 0.6) is 0 Å². The molecule has 0 unspecified atom stereocenters. The number of carbonyl (C=O) groups is 1. The normalized spacial score (nSPS) is 21.7. The molecule has 1 aromatic heterocycles. The van der Waals surface area contributed by atoms with E-state index < -0.39 is 0 Å². The molecule has 2 atom stereocenters. The zero-order valence-electron chi connectivity index (χ0n) is 20.0. The van der Waals surface area contributed by atoms with Crippen LogP contribution in [0, 0.1) is 11.8 Å². The van der Waals surface area contributed by atoms with Gasteiger partial charge in [-0.15, -0.1) is 0 Å². The molecule has 0 aliphatic carbocycles. The standard InChI is InChI=1S/C28H30Cl3N3O2/c29-22-3-2-20-14-32-15-25(24(20)13-22)28(36)33-9-6-23(7-10-33)34-8-5-19(21(16-34)17-35)11-18-1-4-26(30)27(31)12-18/h1-4,12-15,19,21,23,35H,5-11,16-17H2/t19-,21+/m1/s1. The van der Waals surface area contributed by atoms with Crippen LogP contribution < -0.4 is 0 Å². The molecule has 190 valence electrons. The Morgan fingerprint density at radius 3 is 2.50 bits per heavy atom. The molecular weight excluding hydrogens is 517 g/mol. The highest BCUT2D eigenvalue weighted by Gasteiger charge is 2.34. The van der Waals surface area contributed by atoms with Crippen LogP contribution in [0.2, 0.25) is 15.1 Å². The Kier molecular flexibility index (Phi) is 8.04. The van der Waals surface area contributed by atoms with E-state index in [1.54, 1.807) is 12.4 Å². The molecule has 1 amide bonds. The number of amides is 1. The Bertz CT molecular complexity index is 1250. The van der Waals surface area contributed by atoms with E-state index in [1.165, 1.54) is 0 Å². The van der Waals surface area contributed by atoms with Crippen LogP contribution in [0.1, 0.15) is 35.2 Å². The molecule has 3 heterocycles. The summed E-state index contributed by atoms with van der Waals surface area (Å²) in [4.78, 5) is 22.1. The van der Waals surface area contributed by atoms with Crippen LogP contribution in [-0.4, -0.2) is 64.6 Å². The van der Waals surface area contributed by atoms with Crippen molar-refractivity contribution in [2.45, 2.75) is 31.7 Å². The number of likely N-dealkylation sites (tertiary alicyclic amines) is 2. The van der Waals surface area contributed by atoms with Crippen molar-refractivity contribution in [3.05, 3.63) is 75.0 Å². The Hall–Kier alpha value is -1.89. The maximum absolute atomic E-state index is 13.3. The predicted molar refractivity (Wildman–Crippen MR) is 146 cm³/mol. The lowest BCUT2D eigenvalue weighted by molar-refractivity contribution is 0.0242. The average molecular weight is 547 g/mol. The molecule has 0 radical (unpaired) electrons. The lowest BCUT2D eigenvalue weighted by atomic mass is 9.80. The lowest BCUT2D eigenvalue weighted by Gasteiger charge is -2.44. The number of hydrogen-bond donors (Lipinski definition) is 1. The molecule has 0 bridgehead atoms. The zero-order valence-corrected chi connectivity index (χ0v) is 22.3. The summed E-state index contributed by atoms with van der Waals surface area (Å²) in [5.74, 6) is 0.651. The fraction of sp³-hybridized carbons (Fsp3) is 0.429. The van der Waals surface area contributed by atoms with Crippen molar-refractivity contribution in [3.8, 4) is 0 Å². The van der Waals surface area contributed by atoms with Crippen LogP contribution >= 0.6 is 34.8 Å².